The normalized spacial score (nSPS) is 15.1. The summed E-state index contributed by atoms with van der Waals surface area (Å²) < 4.78 is 170. The zero-order valence-electron chi connectivity index (χ0n) is 16.9. The Morgan fingerprint density at radius 2 is 1.00 bits per heavy atom. The van der Waals surface area contributed by atoms with Crippen LogP contribution in [-0.4, -0.2) is 67.0 Å². The molecule has 0 aliphatic carbocycles. The van der Waals surface area contributed by atoms with Crippen LogP contribution in [0.2, 0.25) is 0 Å². The Morgan fingerprint density at radius 3 is 1.38 bits per heavy atom. The van der Waals surface area contributed by atoms with Gasteiger partial charge in [-0.05, 0) is 31.4 Å². The van der Waals surface area contributed by atoms with Crippen LogP contribution in [0, 0.1) is 0 Å². The molecule has 0 saturated heterocycles. The third-order valence-electron chi connectivity index (χ3n) is 4.83. The standard InChI is InChI=1S/C18H23F13N/c1-4-10-32(3,11-5-2)12-8-6-7-9-13(19,20)14(21,22)15(23,24)16(25,26)17(27,28)18(29,30)31/h4-5H,1-2,6-12H2,3H3/q+1. The number of likely N-dealkylation sites (N-methyl/N-ethyl adjacent to an activating group) is 1. The van der Waals surface area contributed by atoms with Crippen molar-refractivity contribution in [3.8, 4) is 0 Å². The summed E-state index contributed by atoms with van der Waals surface area (Å²) in [6.07, 6.45) is -7.55. The molecule has 0 fully saturated rings. The summed E-state index contributed by atoms with van der Waals surface area (Å²) in [5, 5.41) is 0. The van der Waals surface area contributed by atoms with Crippen molar-refractivity contribution < 1.29 is 61.6 Å². The Balaban J connectivity index is 5.40. The first-order valence-electron chi connectivity index (χ1n) is 9.09. The number of hydrogen-bond donors (Lipinski definition) is 0. The minimum atomic E-state index is -7.85. The number of unbranched alkanes of at least 4 members (excludes halogenated alkanes) is 2. The van der Waals surface area contributed by atoms with Crippen molar-refractivity contribution in [3.05, 3.63) is 25.3 Å². The summed E-state index contributed by atoms with van der Waals surface area (Å²) in [5.74, 6) is -36.5. The summed E-state index contributed by atoms with van der Waals surface area (Å²) in [6, 6.07) is 0. The second kappa shape index (κ2) is 9.80. The molecule has 0 spiro atoms. The van der Waals surface area contributed by atoms with E-state index in [0.29, 0.717) is 13.1 Å². The minimum absolute atomic E-state index is 0.0958. The Morgan fingerprint density at radius 1 is 0.594 bits per heavy atom. The fourth-order valence-electron chi connectivity index (χ4n) is 2.86. The number of alkyl halides is 13. The van der Waals surface area contributed by atoms with Gasteiger partial charge in [-0.3, -0.25) is 0 Å². The maximum absolute atomic E-state index is 13.7. The molecule has 0 radical (unpaired) electrons. The predicted octanol–water partition coefficient (Wildman–Crippen LogP) is 7.10. The molecule has 0 aromatic carbocycles. The quantitative estimate of drug-likeness (QED) is 0.103. The number of quaternary nitrogens is 1. The largest absolute Gasteiger partial charge is 0.460 e. The molecular weight excluding hydrogens is 477 g/mol. The molecule has 14 heteroatoms. The minimum Gasteiger partial charge on any atom is -0.320 e. The lowest BCUT2D eigenvalue weighted by atomic mass is 9.91. The zero-order valence-corrected chi connectivity index (χ0v) is 16.9. The first kappa shape index (κ1) is 30.5. The van der Waals surface area contributed by atoms with Crippen LogP contribution >= 0.6 is 0 Å². The van der Waals surface area contributed by atoms with Crippen LogP contribution in [0.5, 0.6) is 0 Å². The fourth-order valence-corrected chi connectivity index (χ4v) is 2.86. The molecule has 1 nitrogen and oxygen atoms in total. The Labute approximate surface area is 176 Å². The van der Waals surface area contributed by atoms with Crippen LogP contribution in [-0.2, 0) is 0 Å². The third kappa shape index (κ3) is 5.71. The van der Waals surface area contributed by atoms with Gasteiger partial charge in [-0.2, -0.15) is 57.1 Å². The van der Waals surface area contributed by atoms with Gasteiger partial charge in [0.05, 0.1) is 26.7 Å². The lowest BCUT2D eigenvalue weighted by molar-refractivity contribution is -0.898. The average Bonchev–Trinajstić information content (AvgIpc) is 2.60. The molecule has 0 aromatic heterocycles. The lowest BCUT2D eigenvalue weighted by Gasteiger charge is -2.39. The number of nitrogens with zero attached hydrogens (tertiary/aromatic N) is 1. The topological polar surface area (TPSA) is 0 Å². The Hall–Kier alpha value is -1.47. The molecule has 0 bridgehead atoms. The van der Waals surface area contributed by atoms with E-state index >= 15 is 0 Å². The van der Waals surface area contributed by atoms with Crippen molar-refractivity contribution in [1.29, 1.82) is 0 Å². The first-order valence-corrected chi connectivity index (χ1v) is 9.09. The van der Waals surface area contributed by atoms with E-state index in [9.17, 15) is 57.1 Å². The van der Waals surface area contributed by atoms with Crippen LogP contribution < -0.4 is 0 Å². The van der Waals surface area contributed by atoms with E-state index in [0.717, 1.165) is 0 Å². The third-order valence-corrected chi connectivity index (χ3v) is 4.83. The van der Waals surface area contributed by atoms with Gasteiger partial charge in [-0.15, -0.1) is 0 Å². The monoisotopic (exact) mass is 500 g/mol. The smallest absolute Gasteiger partial charge is 0.320 e. The highest BCUT2D eigenvalue weighted by Crippen LogP contribution is 2.60. The van der Waals surface area contributed by atoms with Gasteiger partial charge in [-0.25, -0.2) is 0 Å². The number of hydrogen-bond acceptors (Lipinski definition) is 0. The van der Waals surface area contributed by atoms with E-state index in [1.54, 1.807) is 7.05 Å². The van der Waals surface area contributed by atoms with Crippen LogP contribution in [0.25, 0.3) is 0 Å². The number of halogens is 13. The van der Waals surface area contributed by atoms with Gasteiger partial charge < -0.3 is 4.48 Å². The van der Waals surface area contributed by atoms with Crippen molar-refractivity contribution in [2.45, 2.75) is 61.5 Å². The molecule has 0 unspecified atom stereocenters. The molecule has 0 aliphatic rings. The van der Waals surface area contributed by atoms with E-state index in [1.807, 2.05) is 0 Å². The first-order chi connectivity index (χ1) is 14.1. The van der Waals surface area contributed by atoms with Gasteiger partial charge in [0.25, 0.3) is 0 Å². The SMILES string of the molecule is C=CC[N+](C)(CC=C)CCCCCC(F)(F)C(F)(F)C(F)(F)C(F)(F)C(F)(F)C(F)(F)F. The maximum atomic E-state index is 13.7. The van der Waals surface area contributed by atoms with E-state index < -0.39 is 48.6 Å². The van der Waals surface area contributed by atoms with Crippen LogP contribution in [0.15, 0.2) is 25.3 Å². The van der Waals surface area contributed by atoms with Crippen molar-refractivity contribution in [1.82, 2.24) is 0 Å². The van der Waals surface area contributed by atoms with E-state index in [4.69, 9.17) is 0 Å². The van der Waals surface area contributed by atoms with Crippen molar-refractivity contribution in [2.75, 3.05) is 26.7 Å². The van der Waals surface area contributed by atoms with E-state index in [-0.39, 0.29) is 23.9 Å². The van der Waals surface area contributed by atoms with Gasteiger partial charge in [0.1, 0.15) is 0 Å². The molecule has 32 heavy (non-hydrogen) atoms. The summed E-state index contributed by atoms with van der Waals surface area (Å²) in [7, 11) is 1.72. The summed E-state index contributed by atoms with van der Waals surface area (Å²) >= 11 is 0. The molecular formula is C18H23F13N+. The molecule has 0 rings (SSSR count). The van der Waals surface area contributed by atoms with Gasteiger partial charge in [-0.1, -0.05) is 13.2 Å². The molecule has 0 atom stereocenters. The molecule has 0 heterocycles. The van der Waals surface area contributed by atoms with Crippen LogP contribution in [0.4, 0.5) is 57.1 Å². The van der Waals surface area contributed by atoms with E-state index in [2.05, 4.69) is 13.2 Å². The highest BCUT2D eigenvalue weighted by molar-refractivity contribution is 5.10. The molecule has 190 valence electrons. The highest BCUT2D eigenvalue weighted by atomic mass is 19.4. The second-order valence-corrected chi connectivity index (χ2v) is 7.60. The van der Waals surface area contributed by atoms with Crippen LogP contribution in [0.3, 0.4) is 0 Å². The maximum Gasteiger partial charge on any atom is 0.460 e. The van der Waals surface area contributed by atoms with Gasteiger partial charge in [0.2, 0.25) is 0 Å². The van der Waals surface area contributed by atoms with Crippen molar-refractivity contribution in [3.63, 3.8) is 0 Å². The van der Waals surface area contributed by atoms with Gasteiger partial charge in [0, 0.05) is 6.42 Å². The highest BCUT2D eigenvalue weighted by Gasteiger charge is 2.90. The Kier molecular flexibility index (Phi) is 9.35. The molecule has 0 aliphatic heterocycles. The van der Waals surface area contributed by atoms with Crippen molar-refractivity contribution >= 4 is 0 Å². The lowest BCUT2D eigenvalue weighted by Crippen LogP contribution is -2.70. The summed E-state index contributed by atoms with van der Waals surface area (Å²) in [4.78, 5) is 0. The molecule has 0 aromatic rings. The summed E-state index contributed by atoms with van der Waals surface area (Å²) in [5.41, 5.74) is 0. The van der Waals surface area contributed by atoms with E-state index in [1.165, 1.54) is 12.2 Å². The second-order valence-electron chi connectivity index (χ2n) is 7.60. The van der Waals surface area contributed by atoms with Crippen LogP contribution in [0.1, 0.15) is 25.7 Å². The molecule has 0 N–H and O–H groups in total. The van der Waals surface area contributed by atoms with Crippen molar-refractivity contribution in [2.24, 2.45) is 0 Å². The van der Waals surface area contributed by atoms with Gasteiger partial charge in [0.15, 0.2) is 0 Å². The predicted molar refractivity (Wildman–Crippen MR) is 90.4 cm³/mol. The molecule has 0 amide bonds. The average molecular weight is 500 g/mol. The Bertz CT molecular complexity index is 627. The van der Waals surface area contributed by atoms with Gasteiger partial charge >= 0.3 is 35.8 Å². The molecule has 0 saturated carbocycles. The summed E-state index contributed by atoms with van der Waals surface area (Å²) in [6.45, 7) is 8.14. The fraction of sp³-hybridized carbons (Fsp3) is 0.778. The zero-order chi connectivity index (χ0) is 25.9. The number of rotatable bonds is 14.